The number of hydrogen-bond donors (Lipinski definition) is 2. The molecule has 188 valence electrons. The second-order valence-corrected chi connectivity index (χ2v) is 9.64. The molecule has 12 heteroatoms. The van der Waals surface area contributed by atoms with E-state index in [4.69, 9.17) is 9.88 Å². The van der Waals surface area contributed by atoms with E-state index in [1.165, 1.54) is 12.1 Å². The minimum atomic E-state index is -3.82. The van der Waals surface area contributed by atoms with Crippen molar-refractivity contribution in [2.24, 2.45) is 5.14 Å². The van der Waals surface area contributed by atoms with Gasteiger partial charge < -0.3 is 9.30 Å². The van der Waals surface area contributed by atoms with Gasteiger partial charge in [-0.1, -0.05) is 12.1 Å². The van der Waals surface area contributed by atoms with E-state index in [1.807, 2.05) is 6.92 Å². The topological polar surface area (TPSA) is 151 Å². The SMILES string of the molecule is CCOC(=O)c1ccc2c(c1)nc(NC(=O)c1cc(C)nn1CC)n2Cc1ccc(S(N)(=O)=O)cc1. The zero-order chi connectivity index (χ0) is 26.0. The number of nitrogens with one attached hydrogen (secondary N) is 1. The highest BCUT2D eigenvalue weighted by Crippen LogP contribution is 2.24. The summed E-state index contributed by atoms with van der Waals surface area (Å²) in [7, 11) is -3.82. The van der Waals surface area contributed by atoms with Crippen LogP contribution in [0.4, 0.5) is 5.95 Å². The van der Waals surface area contributed by atoms with Crippen LogP contribution in [0.15, 0.2) is 53.4 Å². The van der Waals surface area contributed by atoms with Crippen LogP contribution in [-0.2, 0) is 27.8 Å². The van der Waals surface area contributed by atoms with Gasteiger partial charge in [-0.05, 0) is 62.7 Å². The molecule has 4 rings (SSSR count). The molecule has 0 atom stereocenters. The van der Waals surface area contributed by atoms with E-state index in [-0.39, 0.29) is 29.9 Å². The van der Waals surface area contributed by atoms with Crippen LogP contribution in [0.5, 0.6) is 0 Å². The number of ether oxygens (including phenoxy) is 1. The summed E-state index contributed by atoms with van der Waals surface area (Å²) >= 11 is 0. The fraction of sp³-hybridized carbons (Fsp3) is 0.250. The van der Waals surface area contributed by atoms with Crippen LogP contribution in [0.3, 0.4) is 0 Å². The molecule has 0 unspecified atom stereocenters. The van der Waals surface area contributed by atoms with Gasteiger partial charge in [0.2, 0.25) is 16.0 Å². The number of amides is 1. The summed E-state index contributed by atoms with van der Waals surface area (Å²) in [6.45, 7) is 6.45. The minimum absolute atomic E-state index is 0.00228. The number of primary sulfonamides is 1. The number of carbonyl (C=O) groups is 2. The first-order chi connectivity index (χ1) is 17.1. The number of hydrogen-bond acceptors (Lipinski definition) is 7. The standard InChI is InChI=1S/C24H26N6O5S/c1-4-30-21(12-15(3)28-30)22(31)27-24-26-19-13-17(23(32)35-5-2)8-11-20(19)29(24)14-16-6-9-18(10-7-16)36(25,33)34/h6-13H,4-5,14H2,1-3H3,(H2,25,33,34)(H,26,27,31). The van der Waals surface area contributed by atoms with Gasteiger partial charge in [0.25, 0.3) is 5.91 Å². The zero-order valence-corrected chi connectivity index (χ0v) is 20.9. The Morgan fingerprint density at radius 2 is 1.81 bits per heavy atom. The maximum Gasteiger partial charge on any atom is 0.338 e. The highest BCUT2D eigenvalue weighted by molar-refractivity contribution is 7.89. The Morgan fingerprint density at radius 1 is 1.08 bits per heavy atom. The van der Waals surface area contributed by atoms with Crippen molar-refractivity contribution in [1.29, 1.82) is 0 Å². The number of nitrogens with zero attached hydrogens (tertiary/aromatic N) is 4. The monoisotopic (exact) mass is 510 g/mol. The molecule has 4 aromatic rings. The molecule has 0 saturated carbocycles. The van der Waals surface area contributed by atoms with Crippen molar-refractivity contribution in [3.63, 3.8) is 0 Å². The molecule has 36 heavy (non-hydrogen) atoms. The number of aromatic nitrogens is 4. The number of esters is 1. The van der Waals surface area contributed by atoms with Gasteiger partial charge in [0, 0.05) is 6.54 Å². The summed E-state index contributed by atoms with van der Waals surface area (Å²) in [4.78, 5) is 29.9. The first-order valence-electron chi connectivity index (χ1n) is 11.3. The molecule has 1 amide bonds. The van der Waals surface area contributed by atoms with E-state index < -0.39 is 16.0 Å². The lowest BCUT2D eigenvalue weighted by Crippen LogP contribution is -2.20. The van der Waals surface area contributed by atoms with Crippen molar-refractivity contribution in [3.05, 3.63) is 71.0 Å². The van der Waals surface area contributed by atoms with Crippen LogP contribution in [0.25, 0.3) is 11.0 Å². The summed E-state index contributed by atoms with van der Waals surface area (Å²) in [6.07, 6.45) is 0. The summed E-state index contributed by atoms with van der Waals surface area (Å²) in [6, 6.07) is 12.8. The van der Waals surface area contributed by atoms with E-state index in [0.29, 0.717) is 34.5 Å². The summed E-state index contributed by atoms with van der Waals surface area (Å²) in [5, 5.41) is 12.4. The molecule has 0 aliphatic carbocycles. The predicted octanol–water partition coefficient (Wildman–Crippen LogP) is 2.69. The van der Waals surface area contributed by atoms with E-state index in [1.54, 1.807) is 59.5 Å². The van der Waals surface area contributed by atoms with E-state index in [2.05, 4.69) is 15.4 Å². The molecule has 0 bridgehead atoms. The quantitative estimate of drug-likeness (QED) is 0.346. The van der Waals surface area contributed by atoms with Crippen LogP contribution in [-0.4, -0.2) is 46.2 Å². The number of carbonyl (C=O) groups excluding carboxylic acids is 2. The average Bonchev–Trinajstić information content (AvgIpc) is 3.38. The Morgan fingerprint density at radius 3 is 2.44 bits per heavy atom. The smallest absolute Gasteiger partial charge is 0.338 e. The Kier molecular flexibility index (Phi) is 6.91. The van der Waals surface area contributed by atoms with E-state index in [0.717, 1.165) is 5.56 Å². The molecule has 0 radical (unpaired) electrons. The molecule has 11 nitrogen and oxygen atoms in total. The number of benzene rings is 2. The number of sulfonamides is 1. The van der Waals surface area contributed by atoms with Crippen molar-refractivity contribution < 1.29 is 22.7 Å². The number of rotatable bonds is 8. The maximum atomic E-state index is 13.1. The highest BCUT2D eigenvalue weighted by Gasteiger charge is 2.20. The summed E-state index contributed by atoms with van der Waals surface area (Å²) in [5.74, 6) is -0.599. The molecule has 0 saturated heterocycles. The van der Waals surface area contributed by atoms with Crippen molar-refractivity contribution in [2.45, 2.75) is 38.8 Å². The van der Waals surface area contributed by atoms with E-state index >= 15 is 0 Å². The molecule has 0 fully saturated rings. The van der Waals surface area contributed by atoms with Gasteiger partial charge in [0.1, 0.15) is 5.69 Å². The number of nitrogens with two attached hydrogens (primary N) is 1. The van der Waals surface area contributed by atoms with Gasteiger partial charge in [-0.15, -0.1) is 0 Å². The first kappa shape index (κ1) is 25.1. The second kappa shape index (κ2) is 9.91. The second-order valence-electron chi connectivity index (χ2n) is 8.08. The third-order valence-electron chi connectivity index (χ3n) is 5.51. The van der Waals surface area contributed by atoms with Gasteiger partial charge in [-0.25, -0.2) is 23.3 Å². The number of fused-ring (bicyclic) bond motifs is 1. The van der Waals surface area contributed by atoms with Crippen molar-refractivity contribution >= 4 is 38.9 Å². The van der Waals surface area contributed by atoms with Crippen LogP contribution in [0.1, 0.15) is 46.0 Å². The summed E-state index contributed by atoms with van der Waals surface area (Å²) in [5.41, 5.74) is 3.33. The molecule has 2 aromatic carbocycles. The molecular formula is C24H26N6O5S. The highest BCUT2D eigenvalue weighted by atomic mass is 32.2. The molecule has 2 heterocycles. The van der Waals surface area contributed by atoms with Crippen molar-refractivity contribution in [1.82, 2.24) is 19.3 Å². The van der Waals surface area contributed by atoms with Crippen LogP contribution < -0.4 is 10.5 Å². The van der Waals surface area contributed by atoms with Crippen LogP contribution >= 0.6 is 0 Å². The van der Waals surface area contributed by atoms with Gasteiger partial charge in [0.15, 0.2) is 0 Å². The molecule has 2 aromatic heterocycles. The first-order valence-corrected chi connectivity index (χ1v) is 12.8. The van der Waals surface area contributed by atoms with Gasteiger partial charge in [0.05, 0.1) is 40.3 Å². The van der Waals surface area contributed by atoms with Crippen molar-refractivity contribution in [3.8, 4) is 0 Å². The molecule has 0 aliphatic heterocycles. The zero-order valence-electron chi connectivity index (χ0n) is 20.1. The Labute approximate surface area is 207 Å². The third kappa shape index (κ3) is 5.14. The predicted molar refractivity (Wildman–Crippen MR) is 133 cm³/mol. The minimum Gasteiger partial charge on any atom is -0.462 e. The van der Waals surface area contributed by atoms with Crippen molar-refractivity contribution in [2.75, 3.05) is 11.9 Å². The van der Waals surface area contributed by atoms with Gasteiger partial charge in [-0.3, -0.25) is 14.8 Å². The number of aryl methyl sites for hydroxylation is 2. The molecule has 0 spiro atoms. The lowest BCUT2D eigenvalue weighted by atomic mass is 10.2. The fourth-order valence-electron chi connectivity index (χ4n) is 3.83. The third-order valence-corrected chi connectivity index (χ3v) is 6.44. The van der Waals surface area contributed by atoms with Crippen LogP contribution in [0.2, 0.25) is 0 Å². The van der Waals surface area contributed by atoms with Gasteiger partial charge >= 0.3 is 5.97 Å². The fourth-order valence-corrected chi connectivity index (χ4v) is 4.34. The van der Waals surface area contributed by atoms with E-state index in [9.17, 15) is 18.0 Å². The Bertz CT molecular complexity index is 1550. The number of imidazole rings is 1. The Hall–Kier alpha value is -4.03. The average molecular weight is 511 g/mol. The Balaban J connectivity index is 1.75. The maximum absolute atomic E-state index is 13.1. The lowest BCUT2D eigenvalue weighted by molar-refractivity contribution is 0.0526. The molecular weight excluding hydrogens is 484 g/mol. The normalized spacial score (nSPS) is 11.6. The lowest BCUT2D eigenvalue weighted by Gasteiger charge is -2.11. The molecule has 0 aliphatic rings. The van der Waals surface area contributed by atoms with Crippen LogP contribution in [0, 0.1) is 6.92 Å². The van der Waals surface area contributed by atoms with Gasteiger partial charge in [-0.2, -0.15) is 5.10 Å². The number of anilines is 1. The molecule has 3 N–H and O–H groups in total. The largest absolute Gasteiger partial charge is 0.462 e. The summed E-state index contributed by atoms with van der Waals surface area (Å²) < 4.78 is 31.7.